The summed E-state index contributed by atoms with van der Waals surface area (Å²) >= 11 is 12.3. The summed E-state index contributed by atoms with van der Waals surface area (Å²) in [5, 5.41) is 1.48. The van der Waals surface area contributed by atoms with E-state index in [1.807, 2.05) is 65.4 Å². The van der Waals surface area contributed by atoms with Gasteiger partial charge in [-0.1, -0.05) is 47.5 Å². The maximum atomic E-state index is 12.6. The number of anilines is 1. The number of nitrogens with zero attached hydrogens (tertiary/aromatic N) is 3. The molecule has 0 unspecified atom stereocenters. The molecule has 26 heavy (non-hydrogen) atoms. The van der Waals surface area contributed by atoms with Crippen LogP contribution < -0.4 is 4.90 Å². The molecule has 1 amide bonds. The topological polar surface area (TPSA) is 26.8 Å². The molecule has 0 atom stereocenters. The third-order valence-electron chi connectivity index (χ3n) is 4.57. The molecule has 2 aromatic rings. The quantitative estimate of drug-likeness (QED) is 0.775. The summed E-state index contributed by atoms with van der Waals surface area (Å²) in [4.78, 5) is 18.8. The largest absolute Gasteiger partial charge is 0.367 e. The zero-order chi connectivity index (χ0) is 18.5. The average Bonchev–Trinajstić information content (AvgIpc) is 2.62. The monoisotopic (exact) mass is 391 g/mol. The van der Waals surface area contributed by atoms with E-state index in [9.17, 15) is 4.79 Å². The molecule has 0 bridgehead atoms. The fourth-order valence-electron chi connectivity index (χ4n) is 3.24. The molecule has 0 aliphatic carbocycles. The van der Waals surface area contributed by atoms with E-state index in [1.54, 1.807) is 0 Å². The van der Waals surface area contributed by atoms with Gasteiger partial charge in [-0.05, 0) is 36.9 Å². The van der Waals surface area contributed by atoms with Gasteiger partial charge in [-0.15, -0.1) is 0 Å². The highest BCUT2D eigenvalue weighted by Crippen LogP contribution is 2.26. The van der Waals surface area contributed by atoms with Crippen LogP contribution in [-0.2, 0) is 11.3 Å². The first-order chi connectivity index (χ1) is 12.5. The van der Waals surface area contributed by atoms with E-state index < -0.39 is 0 Å². The van der Waals surface area contributed by atoms with E-state index in [2.05, 4.69) is 4.90 Å². The maximum absolute atomic E-state index is 12.6. The van der Waals surface area contributed by atoms with Gasteiger partial charge in [0.15, 0.2) is 0 Å². The molecule has 4 nitrogen and oxygen atoms in total. The second-order valence-electron chi connectivity index (χ2n) is 6.62. The Labute approximate surface area is 164 Å². The number of para-hydroxylation sites is 1. The van der Waals surface area contributed by atoms with Gasteiger partial charge in [-0.3, -0.25) is 9.69 Å². The SMILES string of the molecule is CN(CC(=O)N1CCN(c2ccccc2Cl)CC1)Cc1cccc(Cl)c1. The molecule has 0 N–H and O–H groups in total. The van der Waals surface area contributed by atoms with Crippen molar-refractivity contribution in [3.63, 3.8) is 0 Å². The normalized spacial score (nSPS) is 14.8. The summed E-state index contributed by atoms with van der Waals surface area (Å²) in [6.45, 7) is 4.13. The van der Waals surface area contributed by atoms with E-state index in [0.717, 1.165) is 47.5 Å². The molecule has 1 aliphatic heterocycles. The van der Waals surface area contributed by atoms with Crippen LogP contribution in [0.5, 0.6) is 0 Å². The van der Waals surface area contributed by atoms with Crippen molar-refractivity contribution in [3.8, 4) is 0 Å². The molecule has 1 aliphatic rings. The molecule has 138 valence electrons. The summed E-state index contributed by atoms with van der Waals surface area (Å²) < 4.78 is 0. The Balaban J connectivity index is 1.50. The number of carbonyl (C=O) groups excluding carboxylic acids is 1. The number of rotatable bonds is 5. The molecule has 0 saturated carbocycles. The van der Waals surface area contributed by atoms with Crippen LogP contribution >= 0.6 is 23.2 Å². The van der Waals surface area contributed by atoms with Crippen LogP contribution in [0.4, 0.5) is 5.69 Å². The number of hydrogen-bond donors (Lipinski definition) is 0. The first-order valence-electron chi connectivity index (χ1n) is 8.73. The summed E-state index contributed by atoms with van der Waals surface area (Å²) in [7, 11) is 1.96. The molecule has 1 heterocycles. The average molecular weight is 392 g/mol. The van der Waals surface area contributed by atoms with Crippen LogP contribution in [0.3, 0.4) is 0 Å². The molecule has 6 heteroatoms. The lowest BCUT2D eigenvalue weighted by Gasteiger charge is -2.37. The first kappa shape index (κ1) is 19.0. The van der Waals surface area contributed by atoms with Crippen molar-refractivity contribution in [1.29, 1.82) is 0 Å². The summed E-state index contributed by atoms with van der Waals surface area (Å²) in [6, 6.07) is 15.6. The Morgan fingerprint density at radius 1 is 1.04 bits per heavy atom. The highest BCUT2D eigenvalue weighted by atomic mass is 35.5. The second kappa shape index (κ2) is 8.76. The summed E-state index contributed by atoms with van der Waals surface area (Å²) in [5.41, 5.74) is 2.15. The number of hydrogen-bond acceptors (Lipinski definition) is 3. The third kappa shape index (κ3) is 4.91. The molecule has 1 saturated heterocycles. The summed E-state index contributed by atoms with van der Waals surface area (Å²) in [5.74, 6) is 0.160. The number of piperazine rings is 1. The van der Waals surface area contributed by atoms with E-state index in [4.69, 9.17) is 23.2 Å². The Morgan fingerprint density at radius 2 is 1.77 bits per heavy atom. The van der Waals surface area contributed by atoms with Crippen LogP contribution in [0.2, 0.25) is 10.0 Å². The van der Waals surface area contributed by atoms with Gasteiger partial charge in [0.1, 0.15) is 0 Å². The number of likely N-dealkylation sites (N-methyl/N-ethyl adjacent to an activating group) is 1. The molecule has 3 rings (SSSR count). The fourth-order valence-corrected chi connectivity index (χ4v) is 3.71. The second-order valence-corrected chi connectivity index (χ2v) is 7.47. The predicted molar refractivity (Wildman–Crippen MR) is 108 cm³/mol. The number of amides is 1. The number of halogens is 2. The number of benzene rings is 2. The Bertz CT molecular complexity index is 760. The summed E-state index contributed by atoms with van der Waals surface area (Å²) in [6.07, 6.45) is 0. The number of carbonyl (C=O) groups is 1. The lowest BCUT2D eigenvalue weighted by atomic mass is 10.2. The van der Waals surface area contributed by atoms with Gasteiger partial charge in [-0.25, -0.2) is 0 Å². The Morgan fingerprint density at radius 3 is 2.46 bits per heavy atom. The van der Waals surface area contributed by atoms with Crippen LogP contribution in [0.1, 0.15) is 5.56 Å². The standard InChI is InChI=1S/C20H23Cl2N3O/c1-23(14-16-5-4-6-17(21)13-16)15-20(26)25-11-9-24(10-12-25)19-8-3-2-7-18(19)22/h2-8,13H,9-12,14-15H2,1H3. The van der Waals surface area contributed by atoms with Crippen molar-refractivity contribution in [2.24, 2.45) is 0 Å². The first-order valence-corrected chi connectivity index (χ1v) is 9.49. The van der Waals surface area contributed by atoms with Gasteiger partial charge in [0.25, 0.3) is 0 Å². The molecule has 1 fully saturated rings. The van der Waals surface area contributed by atoms with E-state index in [-0.39, 0.29) is 5.91 Å². The van der Waals surface area contributed by atoms with Crippen molar-refractivity contribution in [2.75, 3.05) is 44.7 Å². The minimum absolute atomic E-state index is 0.160. The lowest BCUT2D eigenvalue weighted by molar-refractivity contribution is -0.132. The molecular formula is C20H23Cl2N3O. The Hall–Kier alpha value is -1.75. The van der Waals surface area contributed by atoms with Gasteiger partial charge < -0.3 is 9.80 Å². The van der Waals surface area contributed by atoms with E-state index in [1.165, 1.54) is 0 Å². The minimum Gasteiger partial charge on any atom is -0.367 e. The molecular weight excluding hydrogens is 369 g/mol. The lowest BCUT2D eigenvalue weighted by Crippen LogP contribution is -2.51. The van der Waals surface area contributed by atoms with Gasteiger partial charge in [0.05, 0.1) is 17.3 Å². The molecule has 0 aromatic heterocycles. The van der Waals surface area contributed by atoms with Crippen LogP contribution in [0, 0.1) is 0 Å². The van der Waals surface area contributed by atoms with Crippen LogP contribution in [0.15, 0.2) is 48.5 Å². The fraction of sp³-hybridized carbons (Fsp3) is 0.350. The smallest absolute Gasteiger partial charge is 0.236 e. The van der Waals surface area contributed by atoms with Crippen molar-refractivity contribution in [1.82, 2.24) is 9.80 Å². The zero-order valence-electron chi connectivity index (χ0n) is 14.9. The van der Waals surface area contributed by atoms with Gasteiger partial charge in [0, 0.05) is 37.7 Å². The van der Waals surface area contributed by atoms with Crippen LogP contribution in [0.25, 0.3) is 0 Å². The third-order valence-corrected chi connectivity index (χ3v) is 5.13. The van der Waals surface area contributed by atoms with Gasteiger partial charge >= 0.3 is 0 Å². The van der Waals surface area contributed by atoms with Crippen molar-refractivity contribution in [3.05, 3.63) is 64.1 Å². The minimum atomic E-state index is 0.160. The molecule has 0 radical (unpaired) electrons. The predicted octanol–water partition coefficient (Wildman–Crippen LogP) is 3.77. The molecule has 0 spiro atoms. The van der Waals surface area contributed by atoms with Crippen LogP contribution in [-0.4, -0.2) is 55.5 Å². The van der Waals surface area contributed by atoms with Crippen molar-refractivity contribution < 1.29 is 4.79 Å². The molecule has 2 aromatic carbocycles. The van der Waals surface area contributed by atoms with Crippen molar-refractivity contribution in [2.45, 2.75) is 6.54 Å². The van der Waals surface area contributed by atoms with E-state index >= 15 is 0 Å². The maximum Gasteiger partial charge on any atom is 0.236 e. The van der Waals surface area contributed by atoms with Crippen molar-refractivity contribution >= 4 is 34.8 Å². The van der Waals surface area contributed by atoms with Gasteiger partial charge in [0.2, 0.25) is 5.91 Å². The highest BCUT2D eigenvalue weighted by molar-refractivity contribution is 6.33. The van der Waals surface area contributed by atoms with Gasteiger partial charge in [-0.2, -0.15) is 0 Å². The Kier molecular flexibility index (Phi) is 6.41. The highest BCUT2D eigenvalue weighted by Gasteiger charge is 2.23. The van der Waals surface area contributed by atoms with E-state index in [0.29, 0.717) is 13.1 Å². The zero-order valence-corrected chi connectivity index (χ0v) is 16.4.